The van der Waals surface area contributed by atoms with E-state index in [-0.39, 0.29) is 35.7 Å². The first-order valence-corrected chi connectivity index (χ1v) is 12.5. The molecule has 2 atom stereocenters. The van der Waals surface area contributed by atoms with Crippen molar-refractivity contribution in [3.8, 4) is 0 Å². The predicted octanol–water partition coefficient (Wildman–Crippen LogP) is -0.182. The molecular weight excluding hydrogens is 500 g/mol. The van der Waals surface area contributed by atoms with E-state index in [1.807, 2.05) is 12.1 Å². The van der Waals surface area contributed by atoms with E-state index in [0.29, 0.717) is 27.9 Å². The molecule has 178 valence electrons. The highest BCUT2D eigenvalue weighted by atomic mass is 32.2. The summed E-state index contributed by atoms with van der Waals surface area (Å²) >= 11 is 8.12. The van der Waals surface area contributed by atoms with Gasteiger partial charge in [0.1, 0.15) is 17.1 Å². The Morgan fingerprint density at radius 2 is 2.12 bits per heavy atom. The highest BCUT2D eigenvalue weighted by molar-refractivity contribution is 8.01. The zero-order valence-corrected chi connectivity index (χ0v) is 20.1. The summed E-state index contributed by atoms with van der Waals surface area (Å²) in [6, 6.07) is 3.11. The Kier molecular flexibility index (Phi) is 7.43. The van der Waals surface area contributed by atoms with Gasteiger partial charge in [-0.2, -0.15) is 0 Å². The molecule has 2 aliphatic heterocycles. The third kappa shape index (κ3) is 5.20. The summed E-state index contributed by atoms with van der Waals surface area (Å²) in [5, 5.41) is 24.3. The molecule has 1 fully saturated rings. The number of nitrogens with two attached hydrogens (primary N) is 1. The summed E-state index contributed by atoms with van der Waals surface area (Å²) in [6.45, 7) is 0.226. The molecule has 4 N–H and O–H groups in total. The van der Waals surface area contributed by atoms with Gasteiger partial charge in [0, 0.05) is 36.7 Å². The van der Waals surface area contributed by atoms with Crippen molar-refractivity contribution in [2.24, 2.45) is 5.73 Å². The number of β-lactam (4-membered cyclic amide) rings is 1. The van der Waals surface area contributed by atoms with Crippen LogP contribution in [0.2, 0.25) is 0 Å². The average molecular weight is 521 g/mol. The van der Waals surface area contributed by atoms with Crippen LogP contribution in [0.25, 0.3) is 0 Å². The summed E-state index contributed by atoms with van der Waals surface area (Å²) < 4.78 is 1.44. The van der Waals surface area contributed by atoms with E-state index in [1.54, 1.807) is 12.4 Å². The maximum atomic E-state index is 12.9. The Morgan fingerprint density at radius 1 is 1.35 bits per heavy atom. The molecule has 0 radical (unpaired) electrons. The number of nitrogens with zero attached hydrogens (tertiary/aromatic N) is 6. The molecule has 0 bridgehead atoms. The number of carboxylic acids is 1. The van der Waals surface area contributed by atoms with Gasteiger partial charge in [-0.05, 0) is 33.7 Å². The lowest BCUT2D eigenvalue weighted by Gasteiger charge is -2.49. The summed E-state index contributed by atoms with van der Waals surface area (Å²) in [5.41, 5.74) is 6.72. The van der Waals surface area contributed by atoms with Gasteiger partial charge in [-0.1, -0.05) is 24.0 Å². The maximum absolute atomic E-state index is 12.9. The van der Waals surface area contributed by atoms with Crippen LogP contribution in [0, 0.1) is 0 Å². The van der Waals surface area contributed by atoms with Crippen molar-refractivity contribution in [3.05, 3.63) is 41.4 Å². The Bertz CT molecular complexity index is 1160. The number of rotatable bonds is 10. The van der Waals surface area contributed by atoms with Crippen molar-refractivity contribution in [2.45, 2.75) is 36.0 Å². The summed E-state index contributed by atoms with van der Waals surface area (Å²) in [4.78, 5) is 41.7. The highest BCUT2D eigenvalue weighted by Gasteiger charge is 2.53. The molecule has 15 heteroatoms. The van der Waals surface area contributed by atoms with Crippen LogP contribution in [0.4, 0.5) is 0 Å². The predicted molar refractivity (Wildman–Crippen MR) is 128 cm³/mol. The van der Waals surface area contributed by atoms with Crippen molar-refractivity contribution >= 4 is 58.5 Å². The van der Waals surface area contributed by atoms with E-state index < -0.39 is 17.9 Å². The highest BCUT2D eigenvalue weighted by Crippen LogP contribution is 2.41. The second kappa shape index (κ2) is 10.5. The number of carbonyl (C=O) groups is 3. The molecule has 1 unspecified atom stereocenters. The van der Waals surface area contributed by atoms with Crippen LogP contribution in [0.15, 0.2) is 41.0 Å². The number of amides is 2. The van der Waals surface area contributed by atoms with Gasteiger partial charge < -0.3 is 16.2 Å². The smallest absolute Gasteiger partial charge is 0.352 e. The Labute approximate surface area is 207 Å². The number of pyridine rings is 1. The van der Waals surface area contributed by atoms with Crippen LogP contribution in [-0.4, -0.2) is 80.9 Å². The standard InChI is InChI=1S/C19H20N8O4S3/c20-12(28)3-6-26-19(23-24-25-26)34-9-11-8-33-17-14(16(29)27(17)15(11)18(30)31)22-13(32)7-10-1-4-21-5-2-10/h1-2,4-5,14,17H,3,6-9H2,(H2,20,28)(H,22,32)(H,30,31)/t14?,17-/m1/s1. The molecule has 2 aliphatic rings. The van der Waals surface area contributed by atoms with E-state index in [9.17, 15) is 19.5 Å². The van der Waals surface area contributed by atoms with E-state index >= 15 is 0 Å². The molecule has 4 rings (SSSR count). The number of aromatic nitrogens is 5. The molecule has 0 saturated carbocycles. The van der Waals surface area contributed by atoms with E-state index in [1.165, 1.54) is 33.1 Å². The fourth-order valence-electron chi connectivity index (χ4n) is 3.51. The van der Waals surface area contributed by atoms with Crippen molar-refractivity contribution in [1.82, 2.24) is 35.4 Å². The van der Waals surface area contributed by atoms with Crippen molar-refractivity contribution in [1.29, 1.82) is 0 Å². The van der Waals surface area contributed by atoms with Crippen molar-refractivity contribution < 1.29 is 19.5 Å². The molecular formula is C19H20N8O4S3. The molecule has 4 heterocycles. The Morgan fingerprint density at radius 3 is 2.82 bits per heavy atom. The first kappa shape index (κ1) is 24.1. The van der Waals surface area contributed by atoms with E-state index in [4.69, 9.17) is 18.0 Å². The number of hydrogen-bond acceptors (Lipinski definition) is 10. The van der Waals surface area contributed by atoms with Crippen LogP contribution in [0.3, 0.4) is 0 Å². The zero-order valence-electron chi connectivity index (χ0n) is 17.7. The molecule has 2 aromatic heterocycles. The lowest BCUT2D eigenvalue weighted by atomic mass is 10.0. The normalized spacial score (nSPS) is 19.4. The fraction of sp³-hybridized carbons (Fsp3) is 0.368. The number of primary amides is 1. The fourth-order valence-corrected chi connectivity index (χ4v) is 6.19. The monoisotopic (exact) mass is 520 g/mol. The summed E-state index contributed by atoms with van der Waals surface area (Å²) in [7, 11) is 0. The van der Waals surface area contributed by atoms with Gasteiger partial charge in [-0.15, -0.1) is 16.9 Å². The van der Waals surface area contributed by atoms with Gasteiger partial charge >= 0.3 is 5.97 Å². The van der Waals surface area contributed by atoms with Crippen LogP contribution < -0.4 is 11.1 Å². The quantitative estimate of drug-likeness (QED) is 0.215. The number of nitrogens with one attached hydrogen (secondary N) is 1. The number of thioether (sulfide) groups is 2. The maximum Gasteiger partial charge on any atom is 0.352 e. The van der Waals surface area contributed by atoms with Gasteiger partial charge in [0.25, 0.3) is 5.91 Å². The number of carbonyl (C=O) groups excluding carboxylic acids is 2. The lowest BCUT2D eigenvalue weighted by Crippen LogP contribution is -2.70. The molecule has 0 aliphatic carbocycles. The number of aryl methyl sites for hydroxylation is 1. The Hall–Kier alpha value is -3.04. The minimum Gasteiger partial charge on any atom is -0.477 e. The minimum atomic E-state index is -1.17. The van der Waals surface area contributed by atoms with Gasteiger partial charge in [0.15, 0.2) is 0 Å². The zero-order chi connectivity index (χ0) is 24.2. The Balaban J connectivity index is 1.41. The number of hydrogen-bond donors (Lipinski definition) is 3. The summed E-state index contributed by atoms with van der Waals surface area (Å²) in [6.07, 6.45) is 3.89. The summed E-state index contributed by atoms with van der Waals surface area (Å²) in [5.74, 6) is -1.26. The van der Waals surface area contributed by atoms with Crippen molar-refractivity contribution in [2.75, 3.05) is 11.5 Å². The molecule has 2 aromatic rings. The van der Waals surface area contributed by atoms with Crippen LogP contribution in [-0.2, 0) is 27.3 Å². The SMILES string of the molecule is NC(=O)CCn1nnnc1SCC1=C(C(=O)O)N2C(=O)C(NC(=S)Cc3ccncc3)[C@H]2SC1. The second-order valence-corrected chi connectivity index (χ2v) is 9.97. The van der Waals surface area contributed by atoms with E-state index in [2.05, 4.69) is 25.8 Å². The van der Waals surface area contributed by atoms with Crippen LogP contribution in [0.5, 0.6) is 0 Å². The third-order valence-corrected chi connectivity index (χ3v) is 7.77. The third-order valence-electron chi connectivity index (χ3n) is 5.12. The number of thiocarbonyl (C=S) groups is 1. The first-order chi connectivity index (χ1) is 16.3. The van der Waals surface area contributed by atoms with Crippen molar-refractivity contribution in [3.63, 3.8) is 0 Å². The second-order valence-electron chi connectivity index (χ2n) is 7.43. The largest absolute Gasteiger partial charge is 0.477 e. The number of fused-ring (bicyclic) bond motifs is 1. The first-order valence-electron chi connectivity index (χ1n) is 10.1. The van der Waals surface area contributed by atoms with Crippen LogP contribution >= 0.6 is 35.7 Å². The molecule has 12 nitrogen and oxygen atoms in total. The minimum absolute atomic E-state index is 0.0180. The topological polar surface area (TPSA) is 169 Å². The van der Waals surface area contributed by atoms with Gasteiger partial charge in [-0.25, -0.2) is 9.48 Å². The average Bonchev–Trinajstić information content (AvgIpc) is 3.27. The number of aliphatic carboxylic acids is 1. The van der Waals surface area contributed by atoms with Gasteiger partial charge in [0.05, 0.1) is 11.5 Å². The van der Waals surface area contributed by atoms with Gasteiger partial charge in [0.2, 0.25) is 11.1 Å². The van der Waals surface area contributed by atoms with Crippen LogP contribution in [0.1, 0.15) is 12.0 Å². The molecule has 1 saturated heterocycles. The van der Waals surface area contributed by atoms with E-state index in [0.717, 1.165) is 5.56 Å². The lowest BCUT2D eigenvalue weighted by molar-refractivity contribution is -0.148. The number of carboxylic acid groups (broad SMARTS) is 1. The number of tetrazole rings is 1. The molecule has 0 aromatic carbocycles. The molecule has 0 spiro atoms. The molecule has 34 heavy (non-hydrogen) atoms. The van der Waals surface area contributed by atoms with Gasteiger partial charge in [-0.3, -0.25) is 19.5 Å². The molecule has 2 amide bonds.